The summed E-state index contributed by atoms with van der Waals surface area (Å²) < 4.78 is 26.9. The number of carbonyl (C=O) groups is 2. The maximum atomic E-state index is 13.4. The minimum Gasteiger partial charge on any atom is -0.354 e. The van der Waals surface area contributed by atoms with Gasteiger partial charge in [-0.05, 0) is 54.3 Å². The van der Waals surface area contributed by atoms with Gasteiger partial charge >= 0.3 is 0 Å². The largest absolute Gasteiger partial charge is 0.354 e. The molecule has 2 amide bonds. The number of hydrogen-bond donors (Lipinski definition) is 1. The van der Waals surface area contributed by atoms with E-state index in [9.17, 15) is 18.0 Å². The third kappa shape index (κ3) is 8.08. The van der Waals surface area contributed by atoms with Crippen LogP contribution in [0.5, 0.6) is 0 Å². The first kappa shape index (κ1) is 29.4. The van der Waals surface area contributed by atoms with Crippen LogP contribution in [0.15, 0.2) is 47.4 Å². The highest BCUT2D eigenvalue weighted by Crippen LogP contribution is 2.24. The van der Waals surface area contributed by atoms with Gasteiger partial charge in [-0.25, -0.2) is 8.42 Å². The van der Waals surface area contributed by atoms with E-state index in [0.29, 0.717) is 33.6 Å². The number of halogens is 3. The summed E-state index contributed by atoms with van der Waals surface area (Å²) in [5, 5.41) is 3.94. The molecular weight excluding hydrogens is 533 g/mol. The van der Waals surface area contributed by atoms with Crippen molar-refractivity contribution in [2.24, 2.45) is 5.92 Å². The summed E-state index contributed by atoms with van der Waals surface area (Å²) in [7, 11) is -2.64. The summed E-state index contributed by atoms with van der Waals surface area (Å²) in [5.74, 6) is -0.605. The smallest absolute Gasteiger partial charge is 0.243 e. The van der Waals surface area contributed by atoms with E-state index in [1.165, 1.54) is 36.2 Å². The molecule has 2 aromatic carbocycles. The van der Waals surface area contributed by atoms with E-state index >= 15 is 0 Å². The predicted molar refractivity (Wildman–Crippen MR) is 140 cm³/mol. The first-order valence-electron chi connectivity index (χ1n) is 11.1. The van der Waals surface area contributed by atoms with E-state index in [1.807, 2.05) is 13.8 Å². The summed E-state index contributed by atoms with van der Waals surface area (Å²) in [6.07, 6.45) is 0.338. The minimum atomic E-state index is -3.96. The molecule has 1 atom stereocenters. The zero-order valence-corrected chi connectivity index (χ0v) is 23.2. The van der Waals surface area contributed by atoms with Crippen molar-refractivity contribution in [1.82, 2.24) is 14.5 Å². The van der Waals surface area contributed by atoms with Crippen LogP contribution in [0.3, 0.4) is 0 Å². The van der Waals surface area contributed by atoms with Crippen molar-refractivity contribution in [3.05, 3.63) is 63.1 Å². The van der Waals surface area contributed by atoms with Crippen LogP contribution in [0.2, 0.25) is 15.1 Å². The lowest BCUT2D eigenvalue weighted by Gasteiger charge is -2.32. The van der Waals surface area contributed by atoms with Gasteiger partial charge in [-0.1, -0.05) is 61.6 Å². The Morgan fingerprint density at radius 1 is 1.00 bits per heavy atom. The molecule has 0 heterocycles. The van der Waals surface area contributed by atoms with E-state index in [-0.39, 0.29) is 23.3 Å². The second kappa shape index (κ2) is 12.9. The lowest BCUT2D eigenvalue weighted by Crippen LogP contribution is -2.52. The molecule has 35 heavy (non-hydrogen) atoms. The fourth-order valence-electron chi connectivity index (χ4n) is 3.33. The fraction of sp³-hybridized carbons (Fsp3) is 0.417. The number of likely N-dealkylation sites (N-methyl/N-ethyl adjacent to an activating group) is 1. The molecule has 0 radical (unpaired) electrons. The Bertz CT molecular complexity index is 1140. The normalized spacial score (nSPS) is 12.6. The third-order valence-corrected chi connectivity index (χ3v) is 8.10. The third-order valence-electron chi connectivity index (χ3n) is 5.29. The zero-order valence-electron chi connectivity index (χ0n) is 20.1. The van der Waals surface area contributed by atoms with E-state index in [0.717, 1.165) is 4.31 Å². The molecule has 7 nitrogen and oxygen atoms in total. The van der Waals surface area contributed by atoms with Gasteiger partial charge in [0.15, 0.2) is 0 Å². The number of amides is 2. The maximum absolute atomic E-state index is 13.4. The maximum Gasteiger partial charge on any atom is 0.243 e. The first-order chi connectivity index (χ1) is 16.4. The molecule has 0 aromatic heterocycles. The van der Waals surface area contributed by atoms with Crippen LogP contribution in [0.4, 0.5) is 0 Å². The SMILES string of the molecule is CC[C@@H](C(=O)NCC(C)C)N(Cc1ccc(Cl)c(Cl)c1)C(=O)CN(C)S(=O)(=O)c1ccc(Cl)cc1. The van der Waals surface area contributed by atoms with Gasteiger partial charge in [0.05, 0.1) is 21.5 Å². The summed E-state index contributed by atoms with van der Waals surface area (Å²) in [5.41, 5.74) is 0.658. The lowest BCUT2D eigenvalue weighted by atomic mass is 10.1. The molecule has 0 aliphatic carbocycles. The van der Waals surface area contributed by atoms with Gasteiger partial charge in [0.2, 0.25) is 21.8 Å². The molecule has 0 bridgehead atoms. The van der Waals surface area contributed by atoms with Gasteiger partial charge in [0.1, 0.15) is 6.04 Å². The van der Waals surface area contributed by atoms with Crippen molar-refractivity contribution in [2.75, 3.05) is 20.1 Å². The number of benzene rings is 2. The summed E-state index contributed by atoms with van der Waals surface area (Å²) in [6, 6.07) is 9.82. The van der Waals surface area contributed by atoms with Crippen molar-refractivity contribution in [3.63, 3.8) is 0 Å². The molecule has 0 aliphatic heterocycles. The summed E-state index contributed by atoms with van der Waals surface area (Å²) >= 11 is 18.0. The lowest BCUT2D eigenvalue weighted by molar-refractivity contribution is -0.141. The molecule has 0 unspecified atom stereocenters. The van der Waals surface area contributed by atoms with Crippen molar-refractivity contribution >= 4 is 56.6 Å². The summed E-state index contributed by atoms with van der Waals surface area (Å²) in [6.45, 7) is 5.78. The molecule has 2 aromatic rings. The highest BCUT2D eigenvalue weighted by Gasteiger charge is 2.32. The molecule has 11 heteroatoms. The quantitative estimate of drug-likeness (QED) is 0.424. The Hall–Kier alpha value is -1.84. The van der Waals surface area contributed by atoms with Crippen molar-refractivity contribution < 1.29 is 18.0 Å². The van der Waals surface area contributed by atoms with Crippen LogP contribution in [0.1, 0.15) is 32.8 Å². The molecule has 0 aliphatic rings. The van der Waals surface area contributed by atoms with Gasteiger partial charge < -0.3 is 10.2 Å². The van der Waals surface area contributed by atoms with Crippen LogP contribution >= 0.6 is 34.8 Å². The van der Waals surface area contributed by atoms with Gasteiger partial charge in [0.25, 0.3) is 0 Å². The molecule has 2 rings (SSSR count). The van der Waals surface area contributed by atoms with Crippen LogP contribution in [0.25, 0.3) is 0 Å². The predicted octanol–water partition coefficient (Wildman–Crippen LogP) is 4.85. The number of rotatable bonds is 11. The van der Waals surface area contributed by atoms with E-state index in [1.54, 1.807) is 25.1 Å². The van der Waals surface area contributed by atoms with Gasteiger partial charge in [0, 0.05) is 25.2 Å². The Morgan fingerprint density at radius 2 is 1.63 bits per heavy atom. The number of nitrogens with one attached hydrogen (secondary N) is 1. The molecule has 192 valence electrons. The van der Waals surface area contributed by atoms with Crippen LogP contribution < -0.4 is 5.32 Å². The average Bonchev–Trinajstić information content (AvgIpc) is 2.79. The minimum absolute atomic E-state index is 0.00921. The Kier molecular flexibility index (Phi) is 10.9. The fourth-order valence-corrected chi connectivity index (χ4v) is 4.90. The second-order valence-corrected chi connectivity index (χ2v) is 11.8. The second-order valence-electron chi connectivity index (χ2n) is 8.55. The number of carbonyl (C=O) groups excluding carboxylic acids is 2. The topological polar surface area (TPSA) is 86.8 Å². The zero-order chi connectivity index (χ0) is 26.3. The van der Waals surface area contributed by atoms with Gasteiger partial charge in [-0.3, -0.25) is 9.59 Å². The highest BCUT2D eigenvalue weighted by atomic mass is 35.5. The van der Waals surface area contributed by atoms with E-state index in [4.69, 9.17) is 34.8 Å². The molecule has 0 spiro atoms. The van der Waals surface area contributed by atoms with Crippen LogP contribution in [0, 0.1) is 5.92 Å². The molecular formula is C24H30Cl3N3O4S. The molecule has 0 saturated carbocycles. The Morgan fingerprint density at radius 3 is 2.17 bits per heavy atom. The van der Waals surface area contributed by atoms with Crippen LogP contribution in [-0.2, 0) is 26.2 Å². The summed E-state index contributed by atoms with van der Waals surface area (Å²) in [4.78, 5) is 27.8. The monoisotopic (exact) mass is 561 g/mol. The number of nitrogens with zero attached hydrogens (tertiary/aromatic N) is 2. The van der Waals surface area contributed by atoms with E-state index in [2.05, 4.69) is 5.32 Å². The number of sulfonamides is 1. The number of hydrogen-bond acceptors (Lipinski definition) is 4. The van der Waals surface area contributed by atoms with Crippen molar-refractivity contribution in [3.8, 4) is 0 Å². The Balaban J connectivity index is 2.34. The van der Waals surface area contributed by atoms with E-state index < -0.39 is 28.5 Å². The van der Waals surface area contributed by atoms with Crippen molar-refractivity contribution in [1.29, 1.82) is 0 Å². The van der Waals surface area contributed by atoms with Gasteiger partial charge in [-0.15, -0.1) is 0 Å². The first-order valence-corrected chi connectivity index (χ1v) is 13.7. The van der Waals surface area contributed by atoms with Gasteiger partial charge in [-0.2, -0.15) is 4.31 Å². The van der Waals surface area contributed by atoms with Crippen LogP contribution in [-0.4, -0.2) is 55.6 Å². The van der Waals surface area contributed by atoms with Crippen molar-refractivity contribution in [2.45, 2.75) is 44.7 Å². The molecule has 0 fully saturated rings. The highest BCUT2D eigenvalue weighted by molar-refractivity contribution is 7.89. The molecule has 0 saturated heterocycles. The standard InChI is InChI=1S/C24H30Cl3N3O4S/c1-5-22(24(32)28-13-16(2)3)30(14-17-6-11-20(26)21(27)12-17)23(31)15-29(4)35(33,34)19-9-7-18(25)8-10-19/h6-12,16,22H,5,13-15H2,1-4H3,(H,28,32)/t22-/m0/s1. The Labute approximate surface area is 222 Å². The average molecular weight is 563 g/mol. The molecule has 1 N–H and O–H groups in total.